The molecule has 0 unspecified atom stereocenters. The van der Waals surface area contributed by atoms with Gasteiger partial charge in [-0.2, -0.15) is 28.1 Å². The van der Waals surface area contributed by atoms with E-state index in [1.54, 1.807) is 24.3 Å². The van der Waals surface area contributed by atoms with Crippen LogP contribution in [0.25, 0.3) is 0 Å². The highest BCUT2D eigenvalue weighted by Gasteiger charge is 2.29. The Kier molecular flexibility index (Phi) is 3.50. The first-order chi connectivity index (χ1) is 8.92. The van der Waals surface area contributed by atoms with Gasteiger partial charge in [0.15, 0.2) is 0 Å². The van der Waals surface area contributed by atoms with Gasteiger partial charge in [-0.3, -0.25) is 0 Å². The molecule has 0 radical (unpaired) electrons. The number of hydrogen-bond acceptors (Lipinski definition) is 5. The summed E-state index contributed by atoms with van der Waals surface area (Å²) < 4.78 is 36.8. The van der Waals surface area contributed by atoms with Gasteiger partial charge in [-0.25, -0.2) is 0 Å². The molecule has 0 spiro atoms. The molecule has 1 aromatic heterocycles. The average molecular weight is 269 g/mol. The normalized spacial score (nSPS) is 11.3. The van der Waals surface area contributed by atoms with Crippen LogP contribution in [-0.2, 0) is 6.42 Å². The Morgan fingerprint density at radius 2 is 1.74 bits per heavy atom. The second kappa shape index (κ2) is 5.09. The Labute approximate surface area is 106 Å². The summed E-state index contributed by atoms with van der Waals surface area (Å²) in [5.41, 5.74) is 6.01. The summed E-state index contributed by atoms with van der Waals surface area (Å²) in [6.07, 6.45) is -5.64. The van der Waals surface area contributed by atoms with Crippen LogP contribution in [0, 0.1) is 0 Å². The second-order valence-electron chi connectivity index (χ2n) is 3.72. The lowest BCUT2D eigenvalue weighted by atomic mass is 10.3. The molecule has 0 aliphatic rings. The molecule has 1 heterocycles. The summed E-state index contributed by atoms with van der Waals surface area (Å²) in [6, 6.07) is 8.79. The average Bonchev–Trinajstić information content (AvgIpc) is 2.26. The molecule has 0 amide bonds. The van der Waals surface area contributed by atoms with Crippen LogP contribution in [-0.4, -0.2) is 21.1 Å². The lowest BCUT2D eigenvalue weighted by molar-refractivity contribution is -0.128. The molecule has 0 saturated carbocycles. The van der Waals surface area contributed by atoms with E-state index < -0.39 is 18.4 Å². The summed E-state index contributed by atoms with van der Waals surface area (Å²) in [5.74, 6) is -0.691. The maximum Gasteiger partial charge on any atom is 0.396 e. The molecule has 3 N–H and O–H groups in total. The van der Waals surface area contributed by atoms with Crippen molar-refractivity contribution >= 4 is 17.6 Å². The van der Waals surface area contributed by atoms with E-state index >= 15 is 0 Å². The van der Waals surface area contributed by atoms with Gasteiger partial charge in [-0.05, 0) is 12.1 Å². The number of nitrogens with two attached hydrogens (primary N) is 1. The van der Waals surface area contributed by atoms with Crippen LogP contribution in [0.15, 0.2) is 30.3 Å². The minimum absolute atomic E-state index is 0.0158. The van der Waals surface area contributed by atoms with E-state index in [-0.39, 0.29) is 11.9 Å². The van der Waals surface area contributed by atoms with Crippen LogP contribution in [0.4, 0.5) is 30.8 Å². The molecule has 2 rings (SSSR count). The number of nitrogen functional groups attached to an aromatic ring is 1. The summed E-state index contributed by atoms with van der Waals surface area (Å²) in [5, 5.41) is 2.76. The van der Waals surface area contributed by atoms with Crippen LogP contribution in [0.3, 0.4) is 0 Å². The van der Waals surface area contributed by atoms with Crippen molar-refractivity contribution < 1.29 is 13.2 Å². The predicted octanol–water partition coefficient (Wildman–Crippen LogP) is 2.30. The zero-order chi connectivity index (χ0) is 13.9. The van der Waals surface area contributed by atoms with Crippen molar-refractivity contribution in [3.63, 3.8) is 0 Å². The van der Waals surface area contributed by atoms with Gasteiger partial charge >= 0.3 is 6.18 Å². The number of rotatable bonds is 3. The first kappa shape index (κ1) is 13.1. The van der Waals surface area contributed by atoms with E-state index in [9.17, 15) is 13.2 Å². The number of aromatic nitrogens is 3. The minimum Gasteiger partial charge on any atom is -0.368 e. The summed E-state index contributed by atoms with van der Waals surface area (Å²) in [6.45, 7) is 0. The van der Waals surface area contributed by atoms with Crippen molar-refractivity contribution in [1.29, 1.82) is 0 Å². The van der Waals surface area contributed by atoms with Crippen molar-refractivity contribution in [2.75, 3.05) is 11.1 Å². The molecule has 0 saturated heterocycles. The molecule has 1 aromatic carbocycles. The minimum atomic E-state index is -4.39. The fourth-order valence-electron chi connectivity index (χ4n) is 1.40. The first-order valence-corrected chi connectivity index (χ1v) is 5.32. The third-order valence-corrected chi connectivity index (χ3v) is 2.09. The highest BCUT2D eigenvalue weighted by Crippen LogP contribution is 2.20. The number of alkyl halides is 3. The van der Waals surface area contributed by atoms with Gasteiger partial charge in [-0.15, -0.1) is 0 Å². The third-order valence-electron chi connectivity index (χ3n) is 2.09. The van der Waals surface area contributed by atoms with Gasteiger partial charge < -0.3 is 11.1 Å². The largest absolute Gasteiger partial charge is 0.396 e. The molecule has 0 fully saturated rings. The lowest BCUT2D eigenvalue weighted by Crippen LogP contribution is -2.16. The number of hydrogen-bond donors (Lipinski definition) is 2. The maximum atomic E-state index is 12.3. The van der Waals surface area contributed by atoms with Crippen molar-refractivity contribution in [2.45, 2.75) is 12.6 Å². The lowest BCUT2D eigenvalue weighted by Gasteiger charge is -2.08. The number of halogens is 3. The first-order valence-electron chi connectivity index (χ1n) is 5.32. The van der Waals surface area contributed by atoms with Gasteiger partial charge in [0, 0.05) is 5.69 Å². The number of nitrogens with one attached hydrogen (secondary N) is 1. The number of benzene rings is 1. The van der Waals surface area contributed by atoms with Gasteiger partial charge in [0.05, 0.1) is 0 Å². The standard InChI is InChI=1S/C11H10F3N5/c12-11(13,14)6-8-17-9(15)19-10(18-8)16-7-4-2-1-3-5-7/h1-5H,6H2,(H3,15,16,17,18,19). The maximum absolute atomic E-state index is 12.3. The highest BCUT2D eigenvalue weighted by atomic mass is 19.4. The van der Waals surface area contributed by atoms with E-state index in [0.29, 0.717) is 5.69 Å². The Hall–Kier alpha value is -2.38. The fraction of sp³-hybridized carbons (Fsp3) is 0.182. The molecule has 0 atom stereocenters. The monoisotopic (exact) mass is 269 g/mol. The quantitative estimate of drug-likeness (QED) is 0.894. The van der Waals surface area contributed by atoms with E-state index in [0.717, 1.165) is 0 Å². The molecule has 0 aliphatic heterocycles. The SMILES string of the molecule is Nc1nc(CC(F)(F)F)nc(Nc2ccccc2)n1. The van der Waals surface area contributed by atoms with E-state index in [2.05, 4.69) is 20.3 Å². The molecule has 0 bridgehead atoms. The van der Waals surface area contributed by atoms with Crippen molar-refractivity contribution in [1.82, 2.24) is 15.0 Å². The molecule has 2 aromatic rings. The number of para-hydroxylation sites is 1. The molecule has 8 heteroatoms. The van der Waals surface area contributed by atoms with Crippen LogP contribution in [0.5, 0.6) is 0 Å². The topological polar surface area (TPSA) is 76.7 Å². The zero-order valence-electron chi connectivity index (χ0n) is 9.65. The van der Waals surface area contributed by atoms with E-state index in [4.69, 9.17) is 5.73 Å². The third kappa shape index (κ3) is 4.09. The number of nitrogens with zero attached hydrogens (tertiary/aromatic N) is 3. The highest BCUT2D eigenvalue weighted by molar-refractivity contribution is 5.53. The van der Waals surface area contributed by atoms with Crippen LogP contribution < -0.4 is 11.1 Å². The van der Waals surface area contributed by atoms with Gasteiger partial charge in [-0.1, -0.05) is 18.2 Å². The van der Waals surface area contributed by atoms with Crippen molar-refractivity contribution in [3.05, 3.63) is 36.2 Å². The summed E-state index contributed by atoms with van der Waals surface area (Å²) in [4.78, 5) is 10.9. The Bertz CT molecular complexity index is 556. The van der Waals surface area contributed by atoms with Crippen LogP contribution >= 0.6 is 0 Å². The van der Waals surface area contributed by atoms with Crippen LogP contribution in [0.2, 0.25) is 0 Å². The Morgan fingerprint density at radius 3 is 2.37 bits per heavy atom. The molecule has 5 nitrogen and oxygen atoms in total. The zero-order valence-corrected chi connectivity index (χ0v) is 9.65. The van der Waals surface area contributed by atoms with E-state index in [1.165, 1.54) is 0 Å². The van der Waals surface area contributed by atoms with Gasteiger partial charge in [0.2, 0.25) is 11.9 Å². The van der Waals surface area contributed by atoms with E-state index in [1.807, 2.05) is 6.07 Å². The molecule has 19 heavy (non-hydrogen) atoms. The molecular weight excluding hydrogens is 259 g/mol. The fourth-order valence-corrected chi connectivity index (χ4v) is 1.40. The second-order valence-corrected chi connectivity index (χ2v) is 3.72. The van der Waals surface area contributed by atoms with Crippen molar-refractivity contribution in [3.8, 4) is 0 Å². The van der Waals surface area contributed by atoms with Crippen LogP contribution in [0.1, 0.15) is 5.82 Å². The molecular formula is C11H10F3N5. The van der Waals surface area contributed by atoms with Crippen molar-refractivity contribution in [2.24, 2.45) is 0 Å². The molecule has 0 aliphatic carbocycles. The smallest absolute Gasteiger partial charge is 0.368 e. The van der Waals surface area contributed by atoms with Gasteiger partial charge in [0.25, 0.3) is 0 Å². The number of anilines is 3. The summed E-state index contributed by atoms with van der Waals surface area (Å²) >= 11 is 0. The molecule has 100 valence electrons. The van der Waals surface area contributed by atoms with Gasteiger partial charge in [0.1, 0.15) is 12.2 Å². The predicted molar refractivity (Wildman–Crippen MR) is 63.7 cm³/mol. The summed E-state index contributed by atoms with van der Waals surface area (Å²) in [7, 11) is 0. The Morgan fingerprint density at radius 1 is 1.05 bits per heavy atom. The Balaban J connectivity index is 2.22.